The van der Waals surface area contributed by atoms with Crippen LogP contribution in [-0.4, -0.2) is 19.8 Å². The number of nitrogens with two attached hydrogens (primary N) is 1. The molecule has 0 amide bonds. The van der Waals surface area contributed by atoms with Crippen molar-refractivity contribution in [1.29, 1.82) is 0 Å². The van der Waals surface area contributed by atoms with E-state index in [1.807, 2.05) is 0 Å². The third-order valence-corrected chi connectivity index (χ3v) is 2.44. The van der Waals surface area contributed by atoms with Crippen molar-refractivity contribution in [1.82, 2.24) is 0 Å². The highest BCUT2D eigenvalue weighted by Crippen LogP contribution is 2.29. The molecule has 64 valence electrons. The first kappa shape index (κ1) is 8.75. The van der Waals surface area contributed by atoms with E-state index in [1.165, 1.54) is 30.4 Å². The Labute approximate surface area is 68.4 Å². The van der Waals surface area contributed by atoms with Gasteiger partial charge in [-0.05, 0) is 31.8 Å². The lowest BCUT2D eigenvalue weighted by Gasteiger charge is -2.12. The Hall–Kier alpha value is -0.340. The first-order chi connectivity index (χ1) is 5.29. The van der Waals surface area contributed by atoms with Crippen LogP contribution in [0.3, 0.4) is 0 Å². The van der Waals surface area contributed by atoms with Crippen LogP contribution in [0.4, 0.5) is 0 Å². The lowest BCUT2D eigenvalue weighted by Crippen LogP contribution is -2.12. The summed E-state index contributed by atoms with van der Waals surface area (Å²) in [4.78, 5) is 0. The maximum Gasteiger partial charge on any atom is 0.0784 e. The zero-order chi connectivity index (χ0) is 8.27. The molecule has 0 spiro atoms. The summed E-state index contributed by atoms with van der Waals surface area (Å²) in [5, 5.41) is 0. The van der Waals surface area contributed by atoms with Gasteiger partial charge in [-0.25, -0.2) is 0 Å². The molecule has 1 fully saturated rings. The van der Waals surface area contributed by atoms with Crippen LogP contribution in [0, 0.1) is 0 Å². The molecule has 1 unspecified atom stereocenters. The van der Waals surface area contributed by atoms with Crippen molar-refractivity contribution in [3.05, 3.63) is 11.1 Å². The molecule has 11 heavy (non-hydrogen) atoms. The fourth-order valence-electron chi connectivity index (χ4n) is 1.69. The van der Waals surface area contributed by atoms with Gasteiger partial charge >= 0.3 is 0 Å². The zero-order valence-electron chi connectivity index (χ0n) is 7.39. The predicted molar refractivity (Wildman–Crippen MR) is 46.4 cm³/mol. The minimum atomic E-state index is 0.360. The molecule has 0 bridgehead atoms. The van der Waals surface area contributed by atoms with Crippen molar-refractivity contribution >= 4 is 0 Å². The summed E-state index contributed by atoms with van der Waals surface area (Å²) in [5.41, 5.74) is 8.31. The van der Waals surface area contributed by atoms with Crippen LogP contribution >= 0.6 is 0 Å². The van der Waals surface area contributed by atoms with E-state index in [1.54, 1.807) is 7.11 Å². The molecule has 1 aliphatic carbocycles. The van der Waals surface area contributed by atoms with Gasteiger partial charge in [-0.1, -0.05) is 5.57 Å². The summed E-state index contributed by atoms with van der Waals surface area (Å²) < 4.78 is 5.33. The third-order valence-electron chi connectivity index (χ3n) is 2.44. The highest BCUT2D eigenvalue weighted by molar-refractivity contribution is 5.20. The summed E-state index contributed by atoms with van der Waals surface area (Å²) in [7, 11) is 1.78. The topological polar surface area (TPSA) is 35.2 Å². The quantitative estimate of drug-likeness (QED) is 0.613. The van der Waals surface area contributed by atoms with Crippen molar-refractivity contribution in [2.24, 2.45) is 5.73 Å². The second-order valence-corrected chi connectivity index (χ2v) is 3.13. The summed E-state index contributed by atoms with van der Waals surface area (Å²) in [5.74, 6) is 0. The molecular formula is C9H17NO. The molecule has 0 saturated heterocycles. The van der Waals surface area contributed by atoms with E-state index in [2.05, 4.69) is 6.92 Å². The smallest absolute Gasteiger partial charge is 0.0784 e. The Morgan fingerprint density at radius 2 is 2.45 bits per heavy atom. The lowest BCUT2D eigenvalue weighted by molar-refractivity contribution is 0.136. The number of hydrogen-bond donors (Lipinski definition) is 1. The van der Waals surface area contributed by atoms with Crippen molar-refractivity contribution < 1.29 is 4.74 Å². The van der Waals surface area contributed by atoms with Crippen LogP contribution in [0.25, 0.3) is 0 Å². The predicted octanol–water partition coefficient (Wildman–Crippen LogP) is 1.46. The Morgan fingerprint density at radius 3 is 3.00 bits per heavy atom. The molecular weight excluding hydrogens is 138 g/mol. The second-order valence-electron chi connectivity index (χ2n) is 3.13. The van der Waals surface area contributed by atoms with E-state index >= 15 is 0 Å². The first-order valence-corrected chi connectivity index (χ1v) is 4.21. The van der Waals surface area contributed by atoms with Gasteiger partial charge in [-0.2, -0.15) is 0 Å². The second kappa shape index (κ2) is 3.88. The van der Waals surface area contributed by atoms with E-state index in [4.69, 9.17) is 10.5 Å². The van der Waals surface area contributed by atoms with Gasteiger partial charge < -0.3 is 10.5 Å². The van der Waals surface area contributed by atoms with Gasteiger partial charge in [0.05, 0.1) is 6.10 Å². The molecule has 0 radical (unpaired) electrons. The van der Waals surface area contributed by atoms with Gasteiger partial charge in [0.1, 0.15) is 0 Å². The van der Waals surface area contributed by atoms with E-state index in [0.29, 0.717) is 12.6 Å². The largest absolute Gasteiger partial charge is 0.377 e. The van der Waals surface area contributed by atoms with Gasteiger partial charge in [0.2, 0.25) is 0 Å². The van der Waals surface area contributed by atoms with Crippen molar-refractivity contribution in [2.45, 2.75) is 32.3 Å². The van der Waals surface area contributed by atoms with E-state index < -0.39 is 0 Å². The average molecular weight is 155 g/mol. The normalized spacial score (nSPS) is 29.2. The Bertz CT molecular complexity index is 163. The van der Waals surface area contributed by atoms with Crippen molar-refractivity contribution in [3.8, 4) is 0 Å². The van der Waals surface area contributed by atoms with Crippen LogP contribution in [0.1, 0.15) is 26.2 Å². The highest BCUT2D eigenvalue weighted by Gasteiger charge is 2.21. The Kier molecular flexibility index (Phi) is 3.09. The molecule has 0 aromatic heterocycles. The standard InChI is InChI=1S/C9H17NO/c1-7(6-10)8-4-3-5-9(8)11-2/h9H,3-6,10H2,1-2H3/b8-7+. The fourth-order valence-corrected chi connectivity index (χ4v) is 1.69. The monoisotopic (exact) mass is 155 g/mol. The zero-order valence-corrected chi connectivity index (χ0v) is 7.39. The average Bonchev–Trinajstić information content (AvgIpc) is 2.50. The summed E-state index contributed by atoms with van der Waals surface area (Å²) >= 11 is 0. The number of rotatable bonds is 2. The fraction of sp³-hybridized carbons (Fsp3) is 0.778. The minimum Gasteiger partial charge on any atom is -0.377 e. The van der Waals surface area contributed by atoms with Gasteiger partial charge in [0.25, 0.3) is 0 Å². The van der Waals surface area contributed by atoms with Crippen molar-refractivity contribution in [3.63, 3.8) is 0 Å². The van der Waals surface area contributed by atoms with Gasteiger partial charge in [0, 0.05) is 13.7 Å². The SMILES string of the molecule is COC1CCC/C1=C(/C)CN. The molecule has 2 N–H and O–H groups in total. The molecule has 2 heteroatoms. The van der Waals surface area contributed by atoms with Gasteiger partial charge in [-0.3, -0.25) is 0 Å². The number of methoxy groups -OCH3 is 1. The summed E-state index contributed by atoms with van der Waals surface area (Å²) in [6.45, 7) is 2.78. The third kappa shape index (κ3) is 1.82. The molecule has 1 aliphatic rings. The maximum atomic E-state index is 5.56. The molecule has 0 aromatic carbocycles. The van der Waals surface area contributed by atoms with Crippen LogP contribution in [0.5, 0.6) is 0 Å². The van der Waals surface area contributed by atoms with Gasteiger partial charge in [0.15, 0.2) is 0 Å². The maximum absolute atomic E-state index is 5.56. The van der Waals surface area contributed by atoms with Crippen LogP contribution in [0.15, 0.2) is 11.1 Å². The van der Waals surface area contributed by atoms with Crippen molar-refractivity contribution in [2.75, 3.05) is 13.7 Å². The molecule has 2 nitrogen and oxygen atoms in total. The van der Waals surface area contributed by atoms with Crippen LogP contribution in [0.2, 0.25) is 0 Å². The molecule has 0 heterocycles. The lowest BCUT2D eigenvalue weighted by atomic mass is 10.1. The summed E-state index contributed by atoms with van der Waals surface area (Å²) in [6.07, 6.45) is 3.97. The van der Waals surface area contributed by atoms with E-state index in [-0.39, 0.29) is 0 Å². The minimum absolute atomic E-state index is 0.360. The van der Waals surface area contributed by atoms with Gasteiger partial charge in [-0.15, -0.1) is 0 Å². The van der Waals surface area contributed by atoms with E-state index in [0.717, 1.165) is 0 Å². The summed E-state index contributed by atoms with van der Waals surface area (Å²) in [6, 6.07) is 0. The Morgan fingerprint density at radius 1 is 1.73 bits per heavy atom. The van der Waals surface area contributed by atoms with Crippen LogP contribution < -0.4 is 5.73 Å². The number of hydrogen-bond acceptors (Lipinski definition) is 2. The van der Waals surface area contributed by atoms with E-state index in [9.17, 15) is 0 Å². The molecule has 0 aromatic rings. The Balaban J connectivity index is 2.69. The highest BCUT2D eigenvalue weighted by atomic mass is 16.5. The first-order valence-electron chi connectivity index (χ1n) is 4.21. The molecule has 1 atom stereocenters. The molecule has 0 aliphatic heterocycles. The molecule has 1 rings (SSSR count). The number of ether oxygens (including phenoxy) is 1. The molecule has 1 saturated carbocycles. The van der Waals surface area contributed by atoms with Crippen LogP contribution in [-0.2, 0) is 4.74 Å².